The minimum atomic E-state index is -6.34. The van der Waals surface area contributed by atoms with E-state index < -0.39 is 172 Å². The number of hydrogen-bond acceptors (Lipinski definition) is 3. The van der Waals surface area contributed by atoms with Gasteiger partial charge >= 0.3 is 18.5 Å². The van der Waals surface area contributed by atoms with Gasteiger partial charge in [0.05, 0.1) is 38.0 Å². The third-order valence-electron chi connectivity index (χ3n) is 11.0. The predicted octanol–water partition coefficient (Wildman–Crippen LogP) is 16.4. The van der Waals surface area contributed by atoms with Gasteiger partial charge in [-0.05, 0) is 69.8 Å². The van der Waals surface area contributed by atoms with Gasteiger partial charge in [-0.3, -0.25) is 0 Å². The van der Waals surface area contributed by atoms with Crippen LogP contribution in [0.25, 0.3) is 66.8 Å². The topological polar surface area (TPSA) is 27.7 Å². The zero-order valence-electron chi connectivity index (χ0n) is 35.6. The highest BCUT2D eigenvalue weighted by Crippen LogP contribution is 2.60. The largest absolute Gasteiger partial charge is 0.497 e. The molecule has 0 fully saturated rings. The van der Waals surface area contributed by atoms with Crippen molar-refractivity contribution in [3.05, 3.63) is 159 Å². The Bertz CT molecular complexity index is 2850. The molecule has 0 atom stereocenters. The van der Waals surface area contributed by atoms with Crippen LogP contribution in [0.5, 0.6) is 17.2 Å². The van der Waals surface area contributed by atoms with Crippen LogP contribution in [0.1, 0.15) is 16.7 Å². The summed E-state index contributed by atoms with van der Waals surface area (Å²) in [6.07, 6.45) is -19.0. The first kappa shape index (κ1) is 52.3. The van der Waals surface area contributed by atoms with E-state index in [0.29, 0.717) is 36.4 Å². The monoisotopic (exact) mass is 1040 g/mol. The minimum absolute atomic E-state index is 0.239. The Balaban J connectivity index is 2.03. The zero-order chi connectivity index (χ0) is 53.4. The second-order valence-corrected chi connectivity index (χ2v) is 14.9. The summed E-state index contributed by atoms with van der Waals surface area (Å²) in [4.78, 5) is 0. The molecule has 0 radical (unpaired) electrons. The molecule has 3 nitrogen and oxygen atoms in total. The lowest BCUT2D eigenvalue weighted by Gasteiger charge is -2.30. The van der Waals surface area contributed by atoms with E-state index in [-0.39, 0.29) is 17.2 Å². The molecule has 7 aromatic carbocycles. The molecule has 72 heavy (non-hydrogen) atoms. The molecule has 0 bridgehead atoms. The van der Waals surface area contributed by atoms with E-state index in [1.807, 2.05) is 0 Å². The molecule has 0 aromatic heterocycles. The van der Waals surface area contributed by atoms with Crippen molar-refractivity contribution < 1.29 is 106 Å². The summed E-state index contributed by atoms with van der Waals surface area (Å²) in [5.41, 5.74) is -31.1. The van der Waals surface area contributed by atoms with Crippen LogP contribution in [0.3, 0.4) is 0 Å². The molecular weight excluding hydrogens is 1020 g/mol. The van der Waals surface area contributed by atoms with Gasteiger partial charge in [0.2, 0.25) is 0 Å². The van der Waals surface area contributed by atoms with E-state index in [2.05, 4.69) is 0 Å². The molecule has 0 spiro atoms. The normalized spacial score (nSPS) is 12.2. The van der Waals surface area contributed by atoms with Crippen molar-refractivity contribution in [2.24, 2.45) is 0 Å². The standard InChI is InChI=1S/C48H21F21O3/c1-70-19-10-4-16(5-11-19)22-25(28-34(49)40(55)31(46(61,62)63)41(56)35(28)50)23(17-6-12-20(71-2)13-7-17)27(30-38(53)44(59)33(48(67,68)69)45(60)39(30)54)24(18-8-14-21(72-3)15-9-18)26(22)29-36(51)42(57)32(47(64,65)66)43(58)37(29)52/h4-15H,1-3H3. The smallest absolute Gasteiger partial charge is 0.422 e. The molecule has 378 valence electrons. The van der Waals surface area contributed by atoms with Crippen molar-refractivity contribution in [2.45, 2.75) is 18.5 Å². The van der Waals surface area contributed by atoms with Crippen molar-refractivity contribution in [2.75, 3.05) is 21.3 Å². The molecule has 0 heterocycles. The first-order chi connectivity index (χ1) is 33.5. The summed E-state index contributed by atoms with van der Waals surface area (Å²) < 4.78 is 340. The Morgan fingerprint density at radius 2 is 0.403 bits per heavy atom. The van der Waals surface area contributed by atoms with Crippen molar-refractivity contribution in [1.29, 1.82) is 0 Å². The summed E-state index contributed by atoms with van der Waals surface area (Å²) in [6, 6.07) is 9.12. The molecule has 0 saturated carbocycles. The Kier molecular flexibility index (Phi) is 13.5. The number of alkyl halides is 9. The SMILES string of the molecule is COc1ccc(-c2c(-c3c(F)c(F)c(C(F)(F)F)c(F)c3F)c(-c3ccc(OC)cc3)c(-c3c(F)c(F)c(C(F)(F)F)c(F)c3F)c(-c3ccc(OC)cc3)c2-c2c(F)c(F)c(C(F)(F)F)c(F)c2F)cc1. The van der Waals surface area contributed by atoms with Gasteiger partial charge in [0.25, 0.3) is 0 Å². The number of rotatable bonds is 9. The predicted molar refractivity (Wildman–Crippen MR) is 213 cm³/mol. The van der Waals surface area contributed by atoms with Gasteiger partial charge in [-0.15, -0.1) is 0 Å². The first-order valence-electron chi connectivity index (χ1n) is 19.5. The molecule has 7 aromatic rings. The zero-order valence-corrected chi connectivity index (χ0v) is 35.6. The Labute approximate surface area is 389 Å². The van der Waals surface area contributed by atoms with Crippen molar-refractivity contribution in [3.63, 3.8) is 0 Å². The molecule has 7 rings (SSSR count). The molecule has 24 heteroatoms. The lowest BCUT2D eigenvalue weighted by molar-refractivity contribution is -0.144. The molecule has 0 aliphatic carbocycles. The number of benzene rings is 7. The quantitative estimate of drug-likeness (QED) is 0.107. The third-order valence-corrected chi connectivity index (χ3v) is 11.0. The van der Waals surface area contributed by atoms with E-state index in [1.54, 1.807) is 0 Å². The highest BCUT2D eigenvalue weighted by Gasteiger charge is 2.48. The highest BCUT2D eigenvalue weighted by molar-refractivity contribution is 6.15. The van der Waals surface area contributed by atoms with Crippen LogP contribution in [-0.4, -0.2) is 21.3 Å². The van der Waals surface area contributed by atoms with Gasteiger partial charge in [0.1, 0.15) is 33.9 Å². The number of hydrogen-bond donors (Lipinski definition) is 0. The Morgan fingerprint density at radius 3 is 0.542 bits per heavy atom. The van der Waals surface area contributed by atoms with Gasteiger partial charge in [0, 0.05) is 16.7 Å². The molecule has 0 amide bonds. The van der Waals surface area contributed by atoms with Gasteiger partial charge < -0.3 is 14.2 Å². The lowest BCUT2D eigenvalue weighted by atomic mass is 9.73. The average Bonchev–Trinajstić information content (AvgIpc) is 3.31. The summed E-state index contributed by atoms with van der Waals surface area (Å²) in [5, 5.41) is 0. The molecule has 0 aliphatic rings. The van der Waals surface area contributed by atoms with Crippen molar-refractivity contribution in [1.82, 2.24) is 0 Å². The van der Waals surface area contributed by atoms with Crippen LogP contribution in [0, 0.1) is 69.8 Å². The fourth-order valence-electron chi connectivity index (χ4n) is 7.94. The van der Waals surface area contributed by atoms with Gasteiger partial charge in [0.15, 0.2) is 69.8 Å². The first-order valence-corrected chi connectivity index (χ1v) is 19.5. The van der Waals surface area contributed by atoms with Gasteiger partial charge in [-0.1, -0.05) is 36.4 Å². The van der Waals surface area contributed by atoms with E-state index in [4.69, 9.17) is 14.2 Å². The van der Waals surface area contributed by atoms with Crippen LogP contribution in [0.2, 0.25) is 0 Å². The van der Waals surface area contributed by atoms with Gasteiger partial charge in [-0.25, -0.2) is 52.7 Å². The van der Waals surface area contributed by atoms with Crippen LogP contribution >= 0.6 is 0 Å². The highest BCUT2D eigenvalue weighted by atomic mass is 19.4. The minimum Gasteiger partial charge on any atom is -0.497 e. The molecule has 0 saturated heterocycles. The van der Waals surface area contributed by atoms with Crippen LogP contribution in [-0.2, 0) is 18.5 Å². The number of ether oxygens (including phenoxy) is 3. The summed E-state index contributed by atoms with van der Waals surface area (Å²) in [7, 11) is 3.02. The summed E-state index contributed by atoms with van der Waals surface area (Å²) in [6.45, 7) is 0. The number of halogens is 21. The van der Waals surface area contributed by atoms with Crippen LogP contribution in [0.4, 0.5) is 92.2 Å². The molecule has 0 N–H and O–H groups in total. The van der Waals surface area contributed by atoms with Gasteiger partial charge in [-0.2, -0.15) is 39.5 Å². The Morgan fingerprint density at radius 1 is 0.236 bits per heavy atom. The lowest BCUT2D eigenvalue weighted by Crippen LogP contribution is -2.18. The van der Waals surface area contributed by atoms with Crippen LogP contribution < -0.4 is 14.2 Å². The second kappa shape index (κ2) is 18.6. The maximum Gasteiger partial charge on any atom is 0.422 e. The summed E-state index contributed by atoms with van der Waals surface area (Å²) >= 11 is 0. The molecular formula is C48H21F21O3. The van der Waals surface area contributed by atoms with Crippen molar-refractivity contribution >= 4 is 0 Å². The maximum atomic E-state index is 16.9. The summed E-state index contributed by atoms with van der Waals surface area (Å²) in [5.74, 6) is -39.9. The van der Waals surface area contributed by atoms with E-state index in [1.165, 1.54) is 0 Å². The third kappa shape index (κ3) is 8.52. The van der Waals surface area contributed by atoms with E-state index >= 15 is 52.7 Å². The second-order valence-electron chi connectivity index (χ2n) is 14.9. The average molecular weight is 1040 g/mol. The van der Waals surface area contributed by atoms with E-state index in [0.717, 1.165) is 57.7 Å². The van der Waals surface area contributed by atoms with Crippen LogP contribution in [0.15, 0.2) is 72.8 Å². The van der Waals surface area contributed by atoms with E-state index in [9.17, 15) is 39.5 Å². The Hall–Kier alpha value is -7.53. The molecule has 0 aliphatic heterocycles. The van der Waals surface area contributed by atoms with Crippen molar-refractivity contribution in [3.8, 4) is 84.0 Å². The molecule has 0 unspecified atom stereocenters. The fourth-order valence-corrected chi connectivity index (χ4v) is 7.94. The maximum absolute atomic E-state index is 16.9. The fraction of sp³-hybridized carbons (Fsp3) is 0.125. The number of methoxy groups -OCH3 is 3.